The second kappa shape index (κ2) is 11.1. The molecule has 1 saturated heterocycles. The Kier molecular flexibility index (Phi) is 8.67. The van der Waals surface area contributed by atoms with Gasteiger partial charge in [-0.1, -0.05) is 35.9 Å². The Labute approximate surface area is 197 Å². The van der Waals surface area contributed by atoms with Crippen molar-refractivity contribution in [2.45, 2.75) is 37.1 Å². The van der Waals surface area contributed by atoms with Crippen LogP contribution < -0.4 is 14.6 Å². The minimum absolute atomic E-state index is 0.0493. The number of methoxy groups -OCH3 is 1. The van der Waals surface area contributed by atoms with E-state index in [1.807, 2.05) is 12.1 Å². The summed E-state index contributed by atoms with van der Waals surface area (Å²) in [6.07, 6.45) is -5.67. The van der Waals surface area contributed by atoms with Gasteiger partial charge in [0.1, 0.15) is 36.8 Å². The molecule has 5 atom stereocenters. The molecular weight excluding hydrogens is 476 g/mol. The van der Waals surface area contributed by atoms with E-state index in [4.69, 9.17) is 31.0 Å². The lowest BCUT2D eigenvalue weighted by molar-refractivity contribution is -0.292. The van der Waals surface area contributed by atoms with Crippen LogP contribution in [-0.2, 0) is 26.1 Å². The van der Waals surface area contributed by atoms with Crippen molar-refractivity contribution in [2.75, 3.05) is 20.3 Å². The number of halogens is 1. The van der Waals surface area contributed by atoms with Crippen LogP contribution in [0.15, 0.2) is 42.5 Å². The average molecular weight is 503 g/mol. The summed E-state index contributed by atoms with van der Waals surface area (Å²) in [6, 6.07) is 12.3. The molecule has 3 rings (SSSR count). The number of aliphatic hydroxyl groups excluding tert-OH is 3. The van der Waals surface area contributed by atoms with Crippen molar-refractivity contribution >= 4 is 21.8 Å². The van der Waals surface area contributed by atoms with E-state index in [2.05, 4.69) is 4.72 Å². The highest BCUT2D eigenvalue weighted by atomic mass is 35.5. The van der Waals surface area contributed by atoms with E-state index < -0.39 is 40.9 Å². The van der Waals surface area contributed by atoms with E-state index in [-0.39, 0.29) is 13.2 Å². The molecule has 0 saturated carbocycles. The van der Waals surface area contributed by atoms with E-state index in [0.29, 0.717) is 22.8 Å². The number of benzene rings is 2. The Balaban J connectivity index is 1.67. The maximum absolute atomic E-state index is 10.8. The van der Waals surface area contributed by atoms with Crippen molar-refractivity contribution in [1.29, 1.82) is 0 Å². The molecule has 0 amide bonds. The van der Waals surface area contributed by atoms with Crippen LogP contribution in [0.1, 0.15) is 22.8 Å². The molecule has 1 aliphatic heterocycles. The first-order chi connectivity index (χ1) is 15.6. The van der Waals surface area contributed by atoms with Crippen LogP contribution >= 0.6 is 11.6 Å². The number of nitrogens with one attached hydrogen (secondary N) is 1. The fourth-order valence-corrected chi connectivity index (χ4v) is 4.05. The molecule has 1 heterocycles. The molecule has 0 aliphatic carbocycles. The zero-order valence-corrected chi connectivity index (χ0v) is 19.4. The van der Waals surface area contributed by atoms with E-state index in [1.165, 1.54) is 7.11 Å². The predicted octanol–water partition coefficient (Wildman–Crippen LogP) is 0.229. The van der Waals surface area contributed by atoms with Gasteiger partial charge >= 0.3 is 0 Å². The summed E-state index contributed by atoms with van der Waals surface area (Å²) >= 11 is 6.37. The van der Waals surface area contributed by atoms with E-state index in [1.54, 1.807) is 30.3 Å². The maximum Gasteiger partial charge on any atom is 0.274 e. The molecule has 6 N–H and O–H groups in total. The molecule has 1 aliphatic rings. The van der Waals surface area contributed by atoms with Crippen molar-refractivity contribution in [3.8, 4) is 5.75 Å². The van der Waals surface area contributed by atoms with Gasteiger partial charge in [0.2, 0.25) is 0 Å². The first kappa shape index (κ1) is 25.8. The number of nitrogens with two attached hydrogens (primary N) is 1. The quantitative estimate of drug-likeness (QED) is 0.304. The average Bonchev–Trinajstić information content (AvgIpc) is 2.77. The minimum Gasteiger partial charge on any atom is -0.492 e. The highest BCUT2D eigenvalue weighted by Crippen LogP contribution is 2.34. The molecule has 0 radical (unpaired) electrons. The van der Waals surface area contributed by atoms with E-state index in [9.17, 15) is 23.7 Å². The summed E-state index contributed by atoms with van der Waals surface area (Å²) in [4.78, 5) is 0. The monoisotopic (exact) mass is 502 g/mol. The molecule has 2 aromatic carbocycles. The van der Waals surface area contributed by atoms with Crippen molar-refractivity contribution in [1.82, 2.24) is 4.72 Å². The summed E-state index contributed by atoms with van der Waals surface area (Å²) in [7, 11) is -2.41. The SMILES string of the molecule is CO[C@H]1O[C@@H](c2ccc(Cl)c(Cc3ccc(OCCNS(N)(=O)=O)cc3)c2)[C@H](O)[C@@H](O)[C@@H]1O. The Bertz CT molecular complexity index is 1040. The van der Waals surface area contributed by atoms with E-state index >= 15 is 0 Å². The number of hydrogen-bond acceptors (Lipinski definition) is 8. The van der Waals surface area contributed by atoms with Crippen LogP contribution in [-0.4, -0.2) is 68.6 Å². The van der Waals surface area contributed by atoms with Gasteiger partial charge in [-0.2, -0.15) is 13.1 Å². The summed E-state index contributed by atoms with van der Waals surface area (Å²) in [5, 5.41) is 35.9. The molecule has 12 heteroatoms. The second-order valence-corrected chi connectivity index (χ2v) is 9.38. The van der Waals surface area contributed by atoms with Crippen LogP contribution in [0.3, 0.4) is 0 Å². The summed E-state index contributed by atoms with van der Waals surface area (Å²) < 4.78 is 40.0. The second-order valence-electron chi connectivity index (χ2n) is 7.59. The zero-order chi connectivity index (χ0) is 24.2. The lowest BCUT2D eigenvalue weighted by Crippen LogP contribution is -2.54. The van der Waals surface area contributed by atoms with Crippen LogP contribution in [0.4, 0.5) is 0 Å². The molecule has 10 nitrogen and oxygen atoms in total. The topological polar surface area (TPSA) is 161 Å². The van der Waals surface area contributed by atoms with Crippen molar-refractivity contribution in [3.63, 3.8) is 0 Å². The van der Waals surface area contributed by atoms with Crippen molar-refractivity contribution < 1.29 is 37.9 Å². The van der Waals surface area contributed by atoms with Gasteiger partial charge in [-0.25, -0.2) is 5.14 Å². The fraction of sp³-hybridized carbons (Fsp3) is 0.429. The van der Waals surface area contributed by atoms with Gasteiger partial charge in [-0.3, -0.25) is 0 Å². The first-order valence-corrected chi connectivity index (χ1v) is 12.0. The zero-order valence-electron chi connectivity index (χ0n) is 17.8. The van der Waals surface area contributed by atoms with Gasteiger partial charge in [-0.15, -0.1) is 0 Å². The predicted molar refractivity (Wildman–Crippen MR) is 120 cm³/mol. The molecule has 0 unspecified atom stereocenters. The van der Waals surface area contributed by atoms with Crippen LogP contribution in [0.5, 0.6) is 5.75 Å². The van der Waals surface area contributed by atoms with E-state index in [0.717, 1.165) is 11.1 Å². The van der Waals surface area contributed by atoms with Crippen LogP contribution in [0.25, 0.3) is 0 Å². The third-order valence-corrected chi connectivity index (χ3v) is 6.17. The van der Waals surface area contributed by atoms with Gasteiger partial charge in [0, 0.05) is 18.7 Å². The summed E-state index contributed by atoms with van der Waals surface area (Å²) in [6.45, 7) is 0.171. The lowest BCUT2D eigenvalue weighted by atomic mass is 9.92. The smallest absolute Gasteiger partial charge is 0.274 e. The van der Waals surface area contributed by atoms with Crippen LogP contribution in [0, 0.1) is 0 Å². The highest BCUT2D eigenvalue weighted by Gasteiger charge is 2.44. The third-order valence-electron chi connectivity index (χ3n) is 5.19. The normalized spacial score (nSPS) is 25.7. The molecule has 182 valence electrons. The molecular formula is C21H27ClN2O8S. The summed E-state index contributed by atoms with van der Waals surface area (Å²) in [5.41, 5.74) is 2.28. The molecule has 0 aromatic heterocycles. The van der Waals surface area contributed by atoms with Gasteiger partial charge in [0.15, 0.2) is 6.29 Å². The minimum atomic E-state index is -3.75. The van der Waals surface area contributed by atoms with Gasteiger partial charge in [0.25, 0.3) is 10.2 Å². The Morgan fingerprint density at radius 2 is 1.79 bits per heavy atom. The number of ether oxygens (including phenoxy) is 3. The van der Waals surface area contributed by atoms with Gasteiger partial charge < -0.3 is 29.5 Å². The largest absolute Gasteiger partial charge is 0.492 e. The third kappa shape index (κ3) is 6.85. The standard InChI is InChI=1S/C21H27ClN2O8S/c1-30-21-19(27)17(25)18(26)20(32-21)13-4-7-16(22)14(11-13)10-12-2-5-15(6-3-12)31-9-8-24-33(23,28)29/h2-7,11,17-21,24-27H,8-10H2,1H3,(H2,23,28,29)/t17-,18-,19+,20+,21+/m1/s1. The van der Waals surface area contributed by atoms with Gasteiger partial charge in [0.05, 0.1) is 0 Å². The molecule has 0 spiro atoms. The Morgan fingerprint density at radius 3 is 2.42 bits per heavy atom. The number of rotatable bonds is 9. The van der Waals surface area contributed by atoms with Gasteiger partial charge in [-0.05, 0) is 41.3 Å². The molecule has 2 aromatic rings. The number of aliphatic hydroxyl groups is 3. The lowest BCUT2D eigenvalue weighted by Gasteiger charge is -2.40. The molecule has 0 bridgehead atoms. The highest BCUT2D eigenvalue weighted by molar-refractivity contribution is 7.87. The molecule has 1 fully saturated rings. The number of hydrogen-bond donors (Lipinski definition) is 5. The first-order valence-electron chi connectivity index (χ1n) is 10.1. The van der Waals surface area contributed by atoms with Crippen molar-refractivity contribution in [2.24, 2.45) is 5.14 Å². The molecule has 33 heavy (non-hydrogen) atoms. The van der Waals surface area contributed by atoms with Crippen LogP contribution in [0.2, 0.25) is 5.02 Å². The Morgan fingerprint density at radius 1 is 1.09 bits per heavy atom. The Hall–Kier alpha value is -1.80. The van der Waals surface area contributed by atoms with Crippen molar-refractivity contribution in [3.05, 3.63) is 64.2 Å². The summed E-state index contributed by atoms with van der Waals surface area (Å²) in [5.74, 6) is 0.562. The fourth-order valence-electron chi connectivity index (χ4n) is 3.50. The maximum atomic E-state index is 10.8.